The van der Waals surface area contributed by atoms with Crippen molar-refractivity contribution >= 4 is 9.84 Å². The zero-order valence-electron chi connectivity index (χ0n) is 12.5. The lowest BCUT2D eigenvalue weighted by Crippen LogP contribution is -2.03. The van der Waals surface area contributed by atoms with Crippen molar-refractivity contribution in [3.8, 4) is 5.75 Å². The molecule has 2 rings (SSSR count). The highest BCUT2D eigenvalue weighted by atomic mass is 32.2. The van der Waals surface area contributed by atoms with Crippen LogP contribution in [0.1, 0.15) is 5.69 Å². The Morgan fingerprint density at radius 1 is 1.43 bits per heavy atom. The summed E-state index contributed by atoms with van der Waals surface area (Å²) in [5.41, 5.74) is 5.67. The molecule has 0 saturated heterocycles. The Morgan fingerprint density at radius 2 is 2.17 bits per heavy atom. The maximum atomic E-state index is 13.3. The van der Waals surface area contributed by atoms with Gasteiger partial charge in [-0.3, -0.25) is 0 Å². The molecule has 0 unspecified atom stereocenters. The third kappa shape index (κ3) is 4.86. The molecule has 0 fully saturated rings. The van der Waals surface area contributed by atoms with Gasteiger partial charge in [0.25, 0.3) is 0 Å². The molecule has 124 valence electrons. The highest BCUT2D eigenvalue weighted by Gasteiger charge is 2.14. The second kappa shape index (κ2) is 7.34. The van der Waals surface area contributed by atoms with Crippen LogP contribution in [0.25, 0.3) is 0 Å². The minimum atomic E-state index is -3.39. The number of hydrogen-bond donors (Lipinski definition) is 1. The van der Waals surface area contributed by atoms with Crippen LogP contribution in [0.5, 0.6) is 5.75 Å². The molecular weight excluding hydrogens is 323 g/mol. The second-order valence-electron chi connectivity index (χ2n) is 4.80. The summed E-state index contributed by atoms with van der Waals surface area (Å²) in [5, 5.41) is 7.62. The first-order chi connectivity index (χ1) is 10.9. The molecule has 0 radical (unpaired) electrons. The molecule has 0 atom stereocenters. The molecule has 0 amide bonds. The number of halogens is 1. The standard InChI is InChI=1S/C14H17FN4O3S/c1-23(20,21)14-5-3-2-4-13(14)22-10-12-9-19(18-17-12)8-11(15)6-7-16/h2-6,9H,7-8,10,16H2,1H3/b11-6-. The van der Waals surface area contributed by atoms with Gasteiger partial charge in [-0.1, -0.05) is 17.3 Å². The average Bonchev–Trinajstić information content (AvgIpc) is 2.92. The van der Waals surface area contributed by atoms with Crippen LogP contribution in [0.4, 0.5) is 4.39 Å². The van der Waals surface area contributed by atoms with E-state index >= 15 is 0 Å². The van der Waals surface area contributed by atoms with Gasteiger partial charge >= 0.3 is 0 Å². The largest absolute Gasteiger partial charge is 0.486 e. The Hall–Kier alpha value is -2.26. The molecule has 1 aromatic carbocycles. The van der Waals surface area contributed by atoms with Gasteiger partial charge in [-0.15, -0.1) is 5.10 Å². The minimum absolute atomic E-state index is 0.0226. The topological polar surface area (TPSA) is 100 Å². The molecule has 9 heteroatoms. The smallest absolute Gasteiger partial charge is 0.179 e. The van der Waals surface area contributed by atoms with Gasteiger partial charge in [-0.2, -0.15) is 0 Å². The monoisotopic (exact) mass is 340 g/mol. The van der Waals surface area contributed by atoms with Gasteiger partial charge in [0, 0.05) is 12.8 Å². The van der Waals surface area contributed by atoms with Crippen molar-refractivity contribution in [2.75, 3.05) is 12.8 Å². The Bertz CT molecular complexity index is 802. The number of ether oxygens (including phenoxy) is 1. The molecule has 0 aliphatic carbocycles. The Labute approximate surface area is 133 Å². The van der Waals surface area contributed by atoms with Crippen LogP contribution in [0, 0.1) is 0 Å². The van der Waals surface area contributed by atoms with E-state index in [9.17, 15) is 12.8 Å². The zero-order chi connectivity index (χ0) is 16.9. The van der Waals surface area contributed by atoms with Crippen LogP contribution >= 0.6 is 0 Å². The van der Waals surface area contributed by atoms with Gasteiger partial charge in [-0.25, -0.2) is 17.5 Å². The molecule has 1 aromatic heterocycles. The predicted octanol–water partition coefficient (Wildman–Crippen LogP) is 1.07. The lowest BCUT2D eigenvalue weighted by molar-refractivity contribution is 0.293. The summed E-state index contributed by atoms with van der Waals surface area (Å²) in [4.78, 5) is 0.101. The van der Waals surface area contributed by atoms with E-state index in [0.29, 0.717) is 5.69 Å². The van der Waals surface area contributed by atoms with Crippen LogP contribution in [-0.2, 0) is 23.0 Å². The van der Waals surface area contributed by atoms with Gasteiger partial charge in [0.15, 0.2) is 9.84 Å². The molecule has 0 spiro atoms. The van der Waals surface area contributed by atoms with E-state index in [1.54, 1.807) is 18.2 Å². The number of allylic oxidation sites excluding steroid dienone is 1. The molecule has 23 heavy (non-hydrogen) atoms. The fourth-order valence-electron chi connectivity index (χ4n) is 1.86. The van der Waals surface area contributed by atoms with Crippen LogP contribution in [-0.4, -0.2) is 36.2 Å². The van der Waals surface area contributed by atoms with Gasteiger partial charge in [0.1, 0.15) is 28.8 Å². The molecule has 1 heterocycles. The van der Waals surface area contributed by atoms with Crippen molar-refractivity contribution in [1.82, 2.24) is 15.0 Å². The fourth-order valence-corrected chi connectivity index (χ4v) is 2.67. The van der Waals surface area contributed by atoms with Crippen molar-refractivity contribution in [2.45, 2.75) is 18.0 Å². The quantitative estimate of drug-likeness (QED) is 0.809. The summed E-state index contributed by atoms with van der Waals surface area (Å²) in [6.07, 6.45) is 3.88. The van der Waals surface area contributed by atoms with E-state index in [1.165, 1.54) is 23.0 Å². The maximum absolute atomic E-state index is 13.3. The molecular formula is C14H17FN4O3S. The van der Waals surface area contributed by atoms with Gasteiger partial charge in [-0.05, 0) is 18.2 Å². The molecule has 2 N–H and O–H groups in total. The number of benzene rings is 1. The van der Waals surface area contributed by atoms with Crippen molar-refractivity contribution in [1.29, 1.82) is 0 Å². The van der Waals surface area contributed by atoms with Crippen molar-refractivity contribution < 1.29 is 17.5 Å². The number of nitrogens with two attached hydrogens (primary N) is 1. The number of para-hydroxylation sites is 1. The van der Waals surface area contributed by atoms with E-state index in [2.05, 4.69) is 10.3 Å². The molecule has 7 nitrogen and oxygen atoms in total. The molecule has 0 bridgehead atoms. The molecule has 2 aromatic rings. The first kappa shape index (κ1) is 17.1. The fraction of sp³-hybridized carbons (Fsp3) is 0.286. The third-order valence-corrected chi connectivity index (χ3v) is 4.00. The number of sulfone groups is 1. The summed E-state index contributed by atoms with van der Waals surface area (Å²) in [6.45, 7) is 0.0671. The average molecular weight is 340 g/mol. The van der Waals surface area contributed by atoms with E-state index in [4.69, 9.17) is 10.5 Å². The summed E-state index contributed by atoms with van der Waals surface area (Å²) in [6, 6.07) is 6.32. The van der Waals surface area contributed by atoms with Crippen molar-refractivity contribution in [3.63, 3.8) is 0 Å². The highest BCUT2D eigenvalue weighted by molar-refractivity contribution is 7.90. The summed E-state index contributed by atoms with van der Waals surface area (Å²) >= 11 is 0. The second-order valence-corrected chi connectivity index (χ2v) is 6.79. The molecule has 0 aliphatic heterocycles. The number of aromatic nitrogens is 3. The Morgan fingerprint density at radius 3 is 2.87 bits per heavy atom. The lowest BCUT2D eigenvalue weighted by atomic mass is 10.3. The normalized spacial score (nSPS) is 12.4. The van der Waals surface area contributed by atoms with Crippen LogP contribution in [0.2, 0.25) is 0 Å². The Balaban J connectivity index is 2.05. The molecule has 0 saturated carbocycles. The third-order valence-electron chi connectivity index (χ3n) is 2.86. The van der Waals surface area contributed by atoms with E-state index in [1.807, 2.05) is 0 Å². The minimum Gasteiger partial charge on any atom is -0.486 e. The zero-order valence-corrected chi connectivity index (χ0v) is 13.3. The van der Waals surface area contributed by atoms with Gasteiger partial charge in [0.05, 0.1) is 12.7 Å². The van der Waals surface area contributed by atoms with Crippen LogP contribution < -0.4 is 10.5 Å². The van der Waals surface area contributed by atoms with Crippen molar-refractivity contribution in [2.24, 2.45) is 5.73 Å². The first-order valence-corrected chi connectivity index (χ1v) is 8.65. The number of rotatable bonds is 7. The summed E-state index contributed by atoms with van der Waals surface area (Å²) < 4.78 is 43.5. The van der Waals surface area contributed by atoms with Crippen LogP contribution in [0.15, 0.2) is 47.3 Å². The van der Waals surface area contributed by atoms with Crippen LogP contribution in [0.3, 0.4) is 0 Å². The van der Waals surface area contributed by atoms with E-state index in [0.717, 1.165) is 6.26 Å². The molecule has 0 aliphatic rings. The SMILES string of the molecule is CS(=O)(=O)c1ccccc1OCc1cn(C/C(F)=C/CN)nn1. The van der Waals surface area contributed by atoms with E-state index in [-0.39, 0.29) is 30.3 Å². The number of hydrogen-bond acceptors (Lipinski definition) is 6. The Kier molecular flexibility index (Phi) is 5.45. The van der Waals surface area contributed by atoms with E-state index < -0.39 is 15.7 Å². The summed E-state index contributed by atoms with van der Waals surface area (Å²) in [7, 11) is -3.39. The first-order valence-electron chi connectivity index (χ1n) is 6.75. The lowest BCUT2D eigenvalue weighted by Gasteiger charge is -2.08. The predicted molar refractivity (Wildman–Crippen MR) is 82.2 cm³/mol. The summed E-state index contributed by atoms with van der Waals surface area (Å²) in [5.74, 6) is -0.175. The maximum Gasteiger partial charge on any atom is 0.179 e. The highest BCUT2D eigenvalue weighted by Crippen LogP contribution is 2.23. The van der Waals surface area contributed by atoms with Gasteiger partial charge in [0.2, 0.25) is 0 Å². The number of nitrogens with zero attached hydrogens (tertiary/aromatic N) is 3. The van der Waals surface area contributed by atoms with Gasteiger partial charge < -0.3 is 10.5 Å². The van der Waals surface area contributed by atoms with Crippen molar-refractivity contribution in [3.05, 3.63) is 48.1 Å².